The molecule has 2 aromatic heterocycles. The zero-order valence-corrected chi connectivity index (χ0v) is 20.6. The van der Waals surface area contributed by atoms with Crippen molar-refractivity contribution in [3.05, 3.63) is 47.1 Å². The number of benzene rings is 1. The van der Waals surface area contributed by atoms with E-state index in [1.807, 2.05) is 19.0 Å². The van der Waals surface area contributed by atoms with Crippen LogP contribution in [0.25, 0.3) is 16.7 Å². The van der Waals surface area contributed by atoms with Crippen LogP contribution in [0.2, 0.25) is 0 Å². The Bertz CT molecular complexity index is 1330. The van der Waals surface area contributed by atoms with Crippen molar-refractivity contribution in [3.8, 4) is 5.69 Å². The van der Waals surface area contributed by atoms with Gasteiger partial charge in [0.2, 0.25) is 11.8 Å². The number of carbonyl (C=O) groups is 2. The standard InChI is InChI=1S/C25H31N7O4/c1-29(2)14-21(33)28-18-5-7-19(8-6-18)32-22-20(13-27-32)24(35)31(16-26-22)15-25(36)9-11-30(12-10-25)23(34)17-3-4-17/h5-8,13,16-17,36H,3-4,9-12,14-15H2,1-2H3,(H,28,33). The first-order valence-electron chi connectivity index (χ1n) is 12.2. The second-order valence-corrected chi connectivity index (χ2v) is 10.1. The topological polar surface area (TPSA) is 126 Å². The molecule has 3 heterocycles. The Morgan fingerprint density at radius 2 is 1.86 bits per heavy atom. The van der Waals surface area contributed by atoms with Gasteiger partial charge in [0, 0.05) is 24.7 Å². The quantitative estimate of drug-likeness (QED) is 0.500. The van der Waals surface area contributed by atoms with Crippen molar-refractivity contribution in [2.75, 3.05) is 39.0 Å². The summed E-state index contributed by atoms with van der Waals surface area (Å²) in [7, 11) is 3.65. The maximum Gasteiger partial charge on any atom is 0.264 e. The van der Waals surface area contributed by atoms with Crippen LogP contribution in [0.5, 0.6) is 0 Å². The number of likely N-dealkylation sites (tertiary alicyclic amines) is 1. The van der Waals surface area contributed by atoms with Crippen molar-refractivity contribution >= 4 is 28.5 Å². The van der Waals surface area contributed by atoms with Crippen LogP contribution in [0, 0.1) is 5.92 Å². The van der Waals surface area contributed by atoms with Gasteiger partial charge in [-0.25, -0.2) is 9.67 Å². The fourth-order valence-electron chi connectivity index (χ4n) is 4.63. The van der Waals surface area contributed by atoms with Crippen molar-refractivity contribution in [1.82, 2.24) is 29.1 Å². The molecule has 3 aromatic rings. The fraction of sp³-hybridized carbons (Fsp3) is 0.480. The van der Waals surface area contributed by atoms with Gasteiger partial charge in [-0.2, -0.15) is 5.10 Å². The molecule has 2 fully saturated rings. The van der Waals surface area contributed by atoms with Gasteiger partial charge in [0.05, 0.1) is 30.6 Å². The van der Waals surface area contributed by atoms with E-state index in [9.17, 15) is 19.5 Å². The molecular weight excluding hydrogens is 462 g/mol. The van der Waals surface area contributed by atoms with Crippen molar-refractivity contribution in [2.24, 2.45) is 5.92 Å². The average molecular weight is 494 g/mol. The van der Waals surface area contributed by atoms with Gasteiger partial charge in [-0.1, -0.05) is 0 Å². The number of anilines is 1. The normalized spacial score (nSPS) is 17.5. The van der Waals surface area contributed by atoms with Gasteiger partial charge < -0.3 is 20.2 Å². The van der Waals surface area contributed by atoms with Crippen LogP contribution in [0.15, 0.2) is 41.6 Å². The maximum absolute atomic E-state index is 13.2. The smallest absolute Gasteiger partial charge is 0.264 e. The number of rotatable bonds is 7. The zero-order chi connectivity index (χ0) is 25.4. The summed E-state index contributed by atoms with van der Waals surface area (Å²) in [4.78, 5) is 45.5. The minimum atomic E-state index is -1.07. The van der Waals surface area contributed by atoms with Gasteiger partial charge in [0.1, 0.15) is 11.7 Å². The van der Waals surface area contributed by atoms with E-state index in [-0.39, 0.29) is 36.4 Å². The highest BCUT2D eigenvalue weighted by Gasteiger charge is 2.39. The molecule has 190 valence electrons. The molecule has 2 N–H and O–H groups in total. The highest BCUT2D eigenvalue weighted by molar-refractivity contribution is 5.92. The van der Waals surface area contributed by atoms with Gasteiger partial charge in [-0.3, -0.25) is 19.0 Å². The second-order valence-electron chi connectivity index (χ2n) is 10.1. The number of piperidine rings is 1. The van der Waals surface area contributed by atoms with E-state index in [1.54, 1.807) is 33.8 Å². The molecule has 5 rings (SSSR count). The number of carbonyl (C=O) groups excluding carboxylic acids is 2. The molecule has 1 saturated carbocycles. The van der Waals surface area contributed by atoms with Crippen LogP contribution in [0.4, 0.5) is 5.69 Å². The first-order valence-corrected chi connectivity index (χ1v) is 12.2. The summed E-state index contributed by atoms with van der Waals surface area (Å²) in [6.07, 6.45) is 5.70. The SMILES string of the molecule is CN(C)CC(=O)Nc1ccc(-n2ncc3c(=O)n(CC4(O)CCN(C(=O)C5CC5)CC4)cnc32)cc1. The third-order valence-corrected chi connectivity index (χ3v) is 6.81. The summed E-state index contributed by atoms with van der Waals surface area (Å²) >= 11 is 0. The molecule has 2 amide bonds. The van der Waals surface area contributed by atoms with E-state index in [2.05, 4.69) is 15.4 Å². The lowest BCUT2D eigenvalue weighted by atomic mass is 9.91. The summed E-state index contributed by atoms with van der Waals surface area (Å²) < 4.78 is 3.00. The molecule has 1 aliphatic heterocycles. The number of amides is 2. The summed E-state index contributed by atoms with van der Waals surface area (Å²) in [5, 5.41) is 18.7. The molecule has 1 saturated heterocycles. The monoisotopic (exact) mass is 493 g/mol. The molecule has 1 aliphatic carbocycles. The first kappa shape index (κ1) is 24.1. The number of fused-ring (bicyclic) bond motifs is 1. The van der Waals surface area contributed by atoms with Crippen molar-refractivity contribution in [1.29, 1.82) is 0 Å². The molecule has 0 spiro atoms. The van der Waals surface area contributed by atoms with Crippen LogP contribution in [0.3, 0.4) is 0 Å². The number of nitrogens with zero attached hydrogens (tertiary/aromatic N) is 6. The molecule has 0 atom stereocenters. The Hall–Kier alpha value is -3.57. The number of nitrogens with one attached hydrogen (secondary N) is 1. The predicted molar refractivity (Wildman–Crippen MR) is 134 cm³/mol. The number of aromatic nitrogens is 4. The molecule has 11 nitrogen and oxygen atoms in total. The third kappa shape index (κ3) is 5.02. The fourth-order valence-corrected chi connectivity index (χ4v) is 4.63. The molecule has 0 bridgehead atoms. The van der Waals surface area contributed by atoms with Crippen molar-refractivity contribution in [3.63, 3.8) is 0 Å². The Kier molecular flexibility index (Phi) is 6.35. The van der Waals surface area contributed by atoms with Crippen molar-refractivity contribution < 1.29 is 14.7 Å². The van der Waals surface area contributed by atoms with Crippen LogP contribution in [-0.4, -0.2) is 85.4 Å². The van der Waals surface area contributed by atoms with E-state index in [0.29, 0.717) is 48.3 Å². The third-order valence-electron chi connectivity index (χ3n) is 6.81. The molecule has 0 radical (unpaired) electrons. The summed E-state index contributed by atoms with van der Waals surface area (Å²) in [6.45, 7) is 1.40. The van der Waals surface area contributed by atoms with E-state index in [0.717, 1.165) is 12.8 Å². The predicted octanol–water partition coefficient (Wildman–Crippen LogP) is 0.846. The summed E-state index contributed by atoms with van der Waals surface area (Å²) in [5.41, 5.74) is 0.436. The van der Waals surface area contributed by atoms with E-state index < -0.39 is 5.60 Å². The van der Waals surface area contributed by atoms with Crippen LogP contribution >= 0.6 is 0 Å². The number of hydrogen-bond acceptors (Lipinski definition) is 7. The van der Waals surface area contributed by atoms with Gasteiger partial charge in [-0.15, -0.1) is 0 Å². The number of aliphatic hydroxyl groups is 1. The molecular formula is C25H31N7O4. The zero-order valence-electron chi connectivity index (χ0n) is 20.6. The first-order chi connectivity index (χ1) is 17.2. The van der Waals surface area contributed by atoms with E-state index in [1.165, 1.54) is 17.1 Å². The minimum Gasteiger partial charge on any atom is -0.388 e. The van der Waals surface area contributed by atoms with Crippen LogP contribution in [-0.2, 0) is 16.1 Å². The average Bonchev–Trinajstić information content (AvgIpc) is 3.60. The van der Waals surface area contributed by atoms with Gasteiger partial charge in [0.15, 0.2) is 5.65 Å². The van der Waals surface area contributed by atoms with Crippen LogP contribution < -0.4 is 10.9 Å². The minimum absolute atomic E-state index is 0.110. The highest BCUT2D eigenvalue weighted by atomic mass is 16.3. The lowest BCUT2D eigenvalue weighted by Gasteiger charge is -2.38. The highest BCUT2D eigenvalue weighted by Crippen LogP contribution is 2.33. The van der Waals surface area contributed by atoms with Gasteiger partial charge in [0.25, 0.3) is 5.56 Å². The Morgan fingerprint density at radius 1 is 1.17 bits per heavy atom. The lowest BCUT2D eigenvalue weighted by Crippen LogP contribution is -2.50. The van der Waals surface area contributed by atoms with Gasteiger partial charge >= 0.3 is 0 Å². The molecule has 2 aliphatic rings. The number of likely N-dealkylation sites (N-methyl/N-ethyl adjacent to an activating group) is 1. The van der Waals surface area contributed by atoms with Crippen LogP contribution in [0.1, 0.15) is 25.7 Å². The Balaban J connectivity index is 1.29. The molecule has 0 unspecified atom stereocenters. The second kappa shape index (κ2) is 9.47. The number of hydrogen-bond donors (Lipinski definition) is 2. The lowest BCUT2D eigenvalue weighted by molar-refractivity contribution is -0.137. The van der Waals surface area contributed by atoms with E-state index >= 15 is 0 Å². The maximum atomic E-state index is 13.2. The summed E-state index contributed by atoms with van der Waals surface area (Å²) in [6, 6.07) is 7.13. The largest absolute Gasteiger partial charge is 0.388 e. The summed E-state index contributed by atoms with van der Waals surface area (Å²) in [5.74, 6) is 0.245. The Labute approximate surface area is 208 Å². The van der Waals surface area contributed by atoms with Gasteiger partial charge in [-0.05, 0) is 64.0 Å². The molecule has 36 heavy (non-hydrogen) atoms. The molecule has 1 aromatic carbocycles. The Morgan fingerprint density at radius 3 is 2.50 bits per heavy atom. The molecule has 11 heteroatoms. The van der Waals surface area contributed by atoms with E-state index in [4.69, 9.17) is 0 Å². The van der Waals surface area contributed by atoms with Crippen molar-refractivity contribution in [2.45, 2.75) is 37.8 Å².